The Morgan fingerprint density at radius 1 is 1.00 bits per heavy atom. The number of nitrogens with zero attached hydrogens (tertiary/aromatic N) is 4. The number of piperazine rings is 1. The van der Waals surface area contributed by atoms with Crippen LogP contribution in [0.4, 0.5) is 11.4 Å². The third-order valence-corrected chi connectivity index (χ3v) is 6.43. The summed E-state index contributed by atoms with van der Waals surface area (Å²) < 4.78 is 5.49. The molecule has 0 saturated carbocycles. The lowest BCUT2D eigenvalue weighted by molar-refractivity contribution is -0.117. The van der Waals surface area contributed by atoms with Gasteiger partial charge in [-0.3, -0.25) is 10.2 Å². The van der Waals surface area contributed by atoms with E-state index in [-0.39, 0.29) is 11.9 Å². The Kier molecular flexibility index (Phi) is 6.96. The normalized spacial score (nSPS) is 18.4. The molecule has 9 nitrogen and oxygen atoms in total. The first-order chi connectivity index (χ1) is 18.0. The van der Waals surface area contributed by atoms with Crippen LogP contribution in [-0.2, 0) is 9.53 Å². The topological polar surface area (TPSA) is 119 Å². The molecular formula is C28H29N7O2. The summed E-state index contributed by atoms with van der Waals surface area (Å²) >= 11 is 0. The Balaban J connectivity index is 1.34. The van der Waals surface area contributed by atoms with Crippen LogP contribution in [0.2, 0.25) is 0 Å². The molecular weight excluding hydrogens is 466 g/mol. The van der Waals surface area contributed by atoms with Gasteiger partial charge in [0.15, 0.2) is 0 Å². The number of amidine groups is 1. The zero-order valence-corrected chi connectivity index (χ0v) is 20.6. The van der Waals surface area contributed by atoms with E-state index >= 15 is 0 Å². The Morgan fingerprint density at radius 2 is 1.68 bits per heavy atom. The van der Waals surface area contributed by atoms with E-state index in [0.717, 1.165) is 43.0 Å². The molecule has 1 saturated heterocycles. The van der Waals surface area contributed by atoms with E-state index in [4.69, 9.17) is 15.9 Å². The predicted molar refractivity (Wildman–Crippen MR) is 147 cm³/mol. The number of benzene rings is 3. The molecule has 1 amide bonds. The maximum absolute atomic E-state index is 13.0. The van der Waals surface area contributed by atoms with Crippen LogP contribution in [0, 0.1) is 5.41 Å². The Bertz CT molecular complexity index is 1340. The van der Waals surface area contributed by atoms with Crippen LogP contribution in [0.15, 0.2) is 88.8 Å². The molecule has 1 unspecified atom stereocenters. The van der Waals surface area contributed by atoms with E-state index in [1.54, 1.807) is 0 Å². The molecule has 0 radical (unpaired) electrons. The van der Waals surface area contributed by atoms with Crippen LogP contribution < -0.4 is 16.0 Å². The number of nitrogens with two attached hydrogens (primary N) is 1. The van der Waals surface area contributed by atoms with E-state index in [0.29, 0.717) is 17.0 Å². The summed E-state index contributed by atoms with van der Waals surface area (Å²) in [6.45, 7) is 3.95. The van der Waals surface area contributed by atoms with Gasteiger partial charge in [-0.2, -0.15) is 4.99 Å². The van der Waals surface area contributed by atoms with Crippen molar-refractivity contribution in [1.29, 1.82) is 5.41 Å². The molecule has 3 aromatic rings. The Morgan fingerprint density at radius 3 is 2.41 bits per heavy atom. The quantitative estimate of drug-likeness (QED) is 0.380. The van der Waals surface area contributed by atoms with Crippen LogP contribution in [0.3, 0.4) is 0 Å². The number of aliphatic imine (C=N–C) groups is 2. The number of anilines is 2. The number of benzodiazepines with no additional fused rings is 1. The molecule has 1 atom stereocenters. The van der Waals surface area contributed by atoms with Crippen molar-refractivity contribution in [3.05, 3.63) is 95.6 Å². The molecule has 0 bridgehead atoms. The number of ether oxygens (including phenoxy) is 1. The predicted octanol–water partition coefficient (Wildman–Crippen LogP) is 2.91. The number of para-hydroxylation sites is 1. The molecule has 4 N–H and O–H groups in total. The van der Waals surface area contributed by atoms with Crippen molar-refractivity contribution in [2.24, 2.45) is 15.7 Å². The maximum atomic E-state index is 13.0. The number of carbonyl (C=O) groups is 1. The van der Waals surface area contributed by atoms with E-state index in [1.165, 1.54) is 0 Å². The van der Waals surface area contributed by atoms with Gasteiger partial charge in [0.1, 0.15) is 0 Å². The summed E-state index contributed by atoms with van der Waals surface area (Å²) in [5, 5.41) is 11.2. The van der Waals surface area contributed by atoms with Crippen molar-refractivity contribution in [2.45, 2.75) is 6.17 Å². The molecule has 0 spiro atoms. The van der Waals surface area contributed by atoms with E-state index < -0.39 is 12.1 Å². The summed E-state index contributed by atoms with van der Waals surface area (Å²) in [7, 11) is 2.12. The van der Waals surface area contributed by atoms with Gasteiger partial charge in [0.2, 0.25) is 12.1 Å². The van der Waals surface area contributed by atoms with Crippen LogP contribution >= 0.6 is 0 Å². The SMILES string of the molecule is CN1CCN(c2ccc(C(=N)O/C(N)=N/C3N=C(c4ccccc4)c4ccccc4NC3=O)cc2)CC1. The smallest absolute Gasteiger partial charge is 0.291 e. The summed E-state index contributed by atoms with van der Waals surface area (Å²) in [5.74, 6) is -0.594. The maximum Gasteiger partial charge on any atom is 0.291 e. The molecule has 2 aliphatic heterocycles. The first-order valence-electron chi connectivity index (χ1n) is 12.1. The highest BCUT2D eigenvalue weighted by Crippen LogP contribution is 2.24. The van der Waals surface area contributed by atoms with Gasteiger partial charge in [0.05, 0.1) is 11.4 Å². The van der Waals surface area contributed by atoms with Crippen LogP contribution in [0.25, 0.3) is 0 Å². The van der Waals surface area contributed by atoms with E-state index in [2.05, 4.69) is 32.1 Å². The molecule has 9 heteroatoms. The van der Waals surface area contributed by atoms with Crippen molar-refractivity contribution in [3.63, 3.8) is 0 Å². The fourth-order valence-electron chi connectivity index (χ4n) is 4.36. The van der Waals surface area contributed by atoms with Crippen molar-refractivity contribution in [2.75, 3.05) is 43.4 Å². The Labute approximate surface area is 215 Å². The summed E-state index contributed by atoms with van der Waals surface area (Å²) in [4.78, 5) is 26.4. The van der Waals surface area contributed by atoms with Crippen molar-refractivity contribution in [1.82, 2.24) is 4.90 Å². The van der Waals surface area contributed by atoms with Gasteiger partial charge in [0.25, 0.3) is 11.9 Å². The zero-order chi connectivity index (χ0) is 25.8. The molecule has 188 valence electrons. The first-order valence-corrected chi connectivity index (χ1v) is 12.1. The number of carbonyl (C=O) groups excluding carboxylic acids is 1. The minimum atomic E-state index is -1.17. The van der Waals surface area contributed by atoms with Gasteiger partial charge < -0.3 is 25.6 Å². The van der Waals surface area contributed by atoms with Crippen LogP contribution in [0.5, 0.6) is 0 Å². The van der Waals surface area contributed by atoms with E-state index in [9.17, 15) is 4.79 Å². The number of hydrogen-bond donors (Lipinski definition) is 3. The first kappa shape index (κ1) is 24.2. The lowest BCUT2D eigenvalue weighted by atomic mass is 10.0. The van der Waals surface area contributed by atoms with Gasteiger partial charge in [-0.25, -0.2) is 4.99 Å². The average Bonchev–Trinajstić information content (AvgIpc) is 3.05. The number of rotatable bonds is 4. The summed E-state index contributed by atoms with van der Waals surface area (Å²) in [5.41, 5.74) is 10.6. The molecule has 2 aliphatic rings. The van der Waals surface area contributed by atoms with Crippen LogP contribution in [-0.4, -0.2) is 67.8 Å². The molecule has 37 heavy (non-hydrogen) atoms. The Hall–Kier alpha value is -4.50. The number of likely N-dealkylation sites (N-methyl/N-ethyl adjacent to an activating group) is 1. The standard InChI is InChI=1S/C28H29N7O2/c1-34-15-17-35(18-16-34)21-13-11-20(12-14-21)25(29)37-28(30)33-26-27(36)31-23-10-6-5-9-22(23)24(32-26)19-7-3-2-4-8-19/h2-14,26,29H,15-18H2,1H3,(H2,30,33)(H,31,36). The minimum Gasteiger partial charge on any atom is -0.407 e. The average molecular weight is 496 g/mol. The number of hydrogen-bond acceptors (Lipinski definition) is 7. The number of nitrogens with one attached hydrogen (secondary N) is 2. The largest absolute Gasteiger partial charge is 0.407 e. The molecule has 0 aromatic heterocycles. The molecule has 3 aromatic carbocycles. The third kappa shape index (κ3) is 5.52. The zero-order valence-electron chi connectivity index (χ0n) is 20.6. The van der Waals surface area contributed by atoms with Crippen molar-refractivity contribution < 1.29 is 9.53 Å². The van der Waals surface area contributed by atoms with Gasteiger partial charge in [-0.05, 0) is 37.4 Å². The fraction of sp³-hybridized carbons (Fsp3) is 0.214. The molecule has 2 heterocycles. The van der Waals surface area contributed by atoms with E-state index in [1.807, 2.05) is 78.9 Å². The third-order valence-electron chi connectivity index (χ3n) is 6.43. The van der Waals surface area contributed by atoms with Gasteiger partial charge in [-0.15, -0.1) is 0 Å². The lowest BCUT2D eigenvalue weighted by Crippen LogP contribution is -2.44. The van der Waals surface area contributed by atoms with Gasteiger partial charge in [-0.1, -0.05) is 48.5 Å². The number of fused-ring (bicyclic) bond motifs is 1. The highest BCUT2D eigenvalue weighted by atomic mass is 16.5. The summed E-state index contributed by atoms with van der Waals surface area (Å²) in [6.07, 6.45) is -1.17. The second-order valence-corrected chi connectivity index (χ2v) is 8.99. The molecule has 1 fully saturated rings. The van der Waals surface area contributed by atoms with Gasteiger partial charge in [0, 0.05) is 48.6 Å². The van der Waals surface area contributed by atoms with Crippen LogP contribution in [0.1, 0.15) is 16.7 Å². The minimum absolute atomic E-state index is 0.157. The molecule has 5 rings (SSSR count). The highest BCUT2D eigenvalue weighted by molar-refractivity contribution is 6.19. The highest BCUT2D eigenvalue weighted by Gasteiger charge is 2.26. The van der Waals surface area contributed by atoms with Crippen molar-refractivity contribution >= 4 is 34.9 Å². The number of amides is 1. The second kappa shape index (κ2) is 10.6. The fourth-order valence-corrected chi connectivity index (χ4v) is 4.36. The summed E-state index contributed by atoms with van der Waals surface area (Å²) in [6, 6.07) is 24.3. The van der Waals surface area contributed by atoms with Crippen molar-refractivity contribution in [3.8, 4) is 0 Å². The lowest BCUT2D eigenvalue weighted by Gasteiger charge is -2.34. The monoisotopic (exact) mass is 495 g/mol. The second-order valence-electron chi connectivity index (χ2n) is 8.99. The molecule has 0 aliphatic carbocycles. The van der Waals surface area contributed by atoms with Gasteiger partial charge >= 0.3 is 0 Å².